The summed E-state index contributed by atoms with van der Waals surface area (Å²) in [5, 5.41) is 8.66. The fraction of sp³-hybridized carbons (Fsp3) is 0.125. The van der Waals surface area contributed by atoms with E-state index < -0.39 is 37.9 Å². The van der Waals surface area contributed by atoms with Crippen molar-refractivity contribution >= 4 is 30.3 Å². The second kappa shape index (κ2) is 6.51. The first kappa shape index (κ1) is 17.5. The second-order valence-corrected chi connectivity index (χ2v) is 7.51. The SMILES string of the molecule is O=C(NO)c1ccc(Cn2[se]c3ccc(C(F)(F)F)cc3c2=O)cc1. The van der Waals surface area contributed by atoms with Crippen LogP contribution in [0.1, 0.15) is 21.5 Å². The molecule has 0 saturated heterocycles. The molecule has 0 spiro atoms. The van der Waals surface area contributed by atoms with Crippen molar-refractivity contribution in [3.8, 4) is 0 Å². The number of carbonyl (C=O) groups is 1. The molecule has 25 heavy (non-hydrogen) atoms. The topological polar surface area (TPSA) is 71.3 Å². The van der Waals surface area contributed by atoms with Crippen LogP contribution in [-0.2, 0) is 12.7 Å². The fourth-order valence-corrected chi connectivity index (χ4v) is 4.45. The zero-order chi connectivity index (χ0) is 18.2. The van der Waals surface area contributed by atoms with Crippen molar-refractivity contribution in [1.82, 2.24) is 9.04 Å². The van der Waals surface area contributed by atoms with Gasteiger partial charge in [0.15, 0.2) is 0 Å². The van der Waals surface area contributed by atoms with Crippen molar-refractivity contribution in [2.75, 3.05) is 0 Å². The Hall–Kier alpha value is -2.35. The third kappa shape index (κ3) is 3.53. The molecule has 0 radical (unpaired) electrons. The molecule has 9 heteroatoms. The molecule has 0 fully saturated rings. The third-order valence-corrected chi connectivity index (χ3v) is 5.86. The Kier molecular flexibility index (Phi) is 4.55. The van der Waals surface area contributed by atoms with Gasteiger partial charge in [0.2, 0.25) is 0 Å². The normalized spacial score (nSPS) is 11.7. The van der Waals surface area contributed by atoms with Crippen molar-refractivity contribution < 1.29 is 23.2 Å². The van der Waals surface area contributed by atoms with Crippen molar-refractivity contribution in [2.24, 2.45) is 0 Å². The van der Waals surface area contributed by atoms with E-state index in [1.165, 1.54) is 27.2 Å². The second-order valence-electron chi connectivity index (χ2n) is 5.28. The average Bonchev–Trinajstić information content (AvgIpc) is 2.89. The molecule has 5 nitrogen and oxygen atoms in total. The molecule has 0 aliphatic heterocycles. The van der Waals surface area contributed by atoms with E-state index in [4.69, 9.17) is 5.21 Å². The molecule has 0 unspecified atom stereocenters. The van der Waals surface area contributed by atoms with Crippen LogP contribution in [0.25, 0.3) is 9.65 Å². The van der Waals surface area contributed by atoms with Gasteiger partial charge in [0.1, 0.15) is 0 Å². The number of aromatic nitrogens is 1. The predicted molar refractivity (Wildman–Crippen MR) is 84.9 cm³/mol. The van der Waals surface area contributed by atoms with Crippen molar-refractivity contribution in [3.63, 3.8) is 0 Å². The van der Waals surface area contributed by atoms with Gasteiger partial charge in [-0.1, -0.05) is 0 Å². The molecule has 1 heterocycles. The van der Waals surface area contributed by atoms with Gasteiger partial charge in [-0.2, -0.15) is 0 Å². The summed E-state index contributed by atoms with van der Waals surface area (Å²) in [5.41, 5.74) is 1.23. The number of hydrogen-bond donors (Lipinski definition) is 2. The van der Waals surface area contributed by atoms with Gasteiger partial charge in [-0.3, -0.25) is 0 Å². The van der Waals surface area contributed by atoms with Crippen LogP contribution in [-0.4, -0.2) is 29.4 Å². The Balaban J connectivity index is 1.93. The molecule has 3 rings (SSSR count). The van der Waals surface area contributed by atoms with Gasteiger partial charge in [0.05, 0.1) is 0 Å². The number of hydroxylamine groups is 1. The third-order valence-electron chi connectivity index (χ3n) is 3.62. The zero-order valence-electron chi connectivity index (χ0n) is 12.5. The first-order valence-electron chi connectivity index (χ1n) is 7.04. The van der Waals surface area contributed by atoms with E-state index in [1.54, 1.807) is 12.1 Å². The molecule has 0 bridgehead atoms. The van der Waals surface area contributed by atoms with E-state index >= 15 is 0 Å². The first-order valence-corrected chi connectivity index (χ1v) is 8.66. The summed E-state index contributed by atoms with van der Waals surface area (Å²) >= 11 is -0.405. The molecule has 2 N–H and O–H groups in total. The van der Waals surface area contributed by atoms with Crippen LogP contribution in [0.5, 0.6) is 0 Å². The Labute approximate surface area is 145 Å². The number of rotatable bonds is 3. The fourth-order valence-electron chi connectivity index (χ4n) is 2.34. The summed E-state index contributed by atoms with van der Waals surface area (Å²) < 4.78 is 40.5. The van der Waals surface area contributed by atoms with E-state index in [0.29, 0.717) is 4.26 Å². The van der Waals surface area contributed by atoms with E-state index in [0.717, 1.165) is 17.7 Å². The van der Waals surface area contributed by atoms with E-state index in [1.807, 2.05) is 0 Å². The van der Waals surface area contributed by atoms with Crippen molar-refractivity contribution in [1.29, 1.82) is 0 Å². The monoisotopic (exact) mass is 416 g/mol. The predicted octanol–water partition coefficient (Wildman–Crippen LogP) is 2.24. The molecule has 2 aromatic carbocycles. The van der Waals surface area contributed by atoms with Gasteiger partial charge >= 0.3 is 145 Å². The number of carbonyl (C=O) groups excluding carboxylic acids is 1. The Bertz CT molecular complexity index is 991. The Morgan fingerprint density at radius 3 is 2.44 bits per heavy atom. The molecule has 0 saturated carbocycles. The van der Waals surface area contributed by atoms with Crippen LogP contribution in [0.15, 0.2) is 47.3 Å². The number of fused-ring (bicyclic) bond motifs is 1. The Morgan fingerprint density at radius 2 is 1.84 bits per heavy atom. The molecule has 0 aliphatic carbocycles. The van der Waals surface area contributed by atoms with Crippen LogP contribution >= 0.6 is 0 Å². The summed E-state index contributed by atoms with van der Waals surface area (Å²) in [6.07, 6.45) is -4.49. The number of hydrogen-bond acceptors (Lipinski definition) is 3. The average molecular weight is 415 g/mol. The summed E-state index contributed by atoms with van der Waals surface area (Å²) in [7, 11) is 0. The molecule has 0 aliphatic rings. The van der Waals surface area contributed by atoms with Crippen LogP contribution in [0.2, 0.25) is 0 Å². The number of nitrogens with one attached hydrogen (secondary N) is 1. The maximum atomic E-state index is 12.8. The molecular formula is C16H11F3N2O3Se. The quantitative estimate of drug-likeness (QED) is 0.392. The summed E-state index contributed by atoms with van der Waals surface area (Å²) in [6, 6.07) is 9.46. The number of amides is 1. The molecular weight excluding hydrogens is 404 g/mol. The van der Waals surface area contributed by atoms with Gasteiger partial charge in [0.25, 0.3) is 0 Å². The van der Waals surface area contributed by atoms with Crippen LogP contribution in [0.3, 0.4) is 0 Å². The van der Waals surface area contributed by atoms with Crippen molar-refractivity contribution in [2.45, 2.75) is 12.7 Å². The van der Waals surface area contributed by atoms with Gasteiger partial charge in [-0.25, -0.2) is 0 Å². The van der Waals surface area contributed by atoms with Gasteiger partial charge < -0.3 is 0 Å². The Morgan fingerprint density at radius 1 is 1.16 bits per heavy atom. The molecule has 0 atom stereocenters. The first-order chi connectivity index (χ1) is 11.8. The summed E-state index contributed by atoms with van der Waals surface area (Å²) in [6.45, 7) is 0.232. The van der Waals surface area contributed by atoms with E-state index in [2.05, 4.69) is 0 Å². The maximum absolute atomic E-state index is 12.8. The van der Waals surface area contributed by atoms with Crippen LogP contribution in [0, 0.1) is 0 Å². The van der Waals surface area contributed by atoms with Crippen LogP contribution in [0.4, 0.5) is 13.2 Å². The number of benzene rings is 2. The minimum absolute atomic E-state index is 0.0890. The minimum atomic E-state index is -4.49. The van der Waals surface area contributed by atoms with Gasteiger partial charge in [-0.15, -0.1) is 0 Å². The number of nitrogens with zero attached hydrogens (tertiary/aromatic N) is 1. The van der Waals surface area contributed by atoms with E-state index in [-0.39, 0.29) is 17.5 Å². The number of alkyl halides is 3. The summed E-state index contributed by atoms with van der Waals surface area (Å²) in [4.78, 5) is 23.6. The van der Waals surface area contributed by atoms with Crippen LogP contribution < -0.4 is 11.0 Å². The standard InChI is InChI=1S/C16H11F3N2O3Se/c17-16(18,19)11-5-6-13-12(7-11)15(23)21(25-13)8-9-1-3-10(4-2-9)14(22)20-24/h1-7,24H,8H2,(H,20,22). The molecule has 3 aromatic rings. The van der Waals surface area contributed by atoms with Gasteiger partial charge in [0, 0.05) is 0 Å². The van der Waals surface area contributed by atoms with Crippen molar-refractivity contribution in [3.05, 3.63) is 69.5 Å². The van der Waals surface area contributed by atoms with Gasteiger partial charge in [-0.05, 0) is 0 Å². The molecule has 1 aromatic heterocycles. The molecule has 1 amide bonds. The zero-order valence-corrected chi connectivity index (χ0v) is 14.2. The van der Waals surface area contributed by atoms with E-state index in [9.17, 15) is 22.8 Å². The molecule has 130 valence electrons. The number of halogens is 3. The summed E-state index contributed by atoms with van der Waals surface area (Å²) in [5.74, 6) is -0.653.